The molecule has 0 spiro atoms. The molecule has 4 rings (SSSR count). The van der Waals surface area contributed by atoms with E-state index in [4.69, 9.17) is 0 Å². The molecule has 0 bridgehead atoms. The number of anilines is 1. The fraction of sp³-hybridized carbons (Fsp3) is 0.348. The van der Waals surface area contributed by atoms with Gasteiger partial charge in [-0.2, -0.15) is 4.31 Å². The van der Waals surface area contributed by atoms with Gasteiger partial charge >= 0.3 is 0 Å². The molecule has 0 atom stereocenters. The third kappa shape index (κ3) is 5.47. The molecular formula is C23H27N5O3S2. The molecule has 1 aliphatic heterocycles. The Morgan fingerprint density at radius 2 is 1.64 bits per heavy atom. The molecule has 3 aromatic rings. The molecule has 0 unspecified atom stereocenters. The van der Waals surface area contributed by atoms with Crippen molar-refractivity contribution >= 4 is 32.4 Å². The first-order valence-electron chi connectivity index (χ1n) is 10.7. The molecule has 1 N–H and O–H groups in total. The number of carbonyl (C=O) groups excluding carboxylic acids is 1. The zero-order valence-electron chi connectivity index (χ0n) is 18.9. The van der Waals surface area contributed by atoms with Crippen molar-refractivity contribution in [1.82, 2.24) is 19.4 Å². The fourth-order valence-corrected chi connectivity index (χ4v) is 6.20. The van der Waals surface area contributed by atoms with Crippen LogP contribution in [0.1, 0.15) is 16.7 Å². The minimum absolute atomic E-state index is 0.177. The number of hydrogen-bond acceptors (Lipinski definition) is 7. The Balaban J connectivity index is 1.31. The molecule has 2 heterocycles. The second-order valence-corrected chi connectivity index (χ2v) is 11.2. The molecule has 0 radical (unpaired) electrons. The van der Waals surface area contributed by atoms with Gasteiger partial charge in [0.15, 0.2) is 0 Å². The van der Waals surface area contributed by atoms with E-state index in [0.29, 0.717) is 36.2 Å². The molecule has 8 nitrogen and oxygen atoms in total. The second kappa shape index (κ2) is 9.68. The quantitative estimate of drug-likeness (QED) is 0.577. The van der Waals surface area contributed by atoms with Crippen LogP contribution in [0.2, 0.25) is 0 Å². The SMILES string of the molecule is Cc1ccc(-c2nnc(NC(=O)CN3CCN(S(=O)(=O)c4ccc(C)cc4C)CC3)s2)cc1. The van der Waals surface area contributed by atoms with Crippen LogP contribution in [0.4, 0.5) is 5.13 Å². The lowest BCUT2D eigenvalue weighted by molar-refractivity contribution is -0.117. The van der Waals surface area contributed by atoms with Crippen molar-refractivity contribution in [3.8, 4) is 10.6 Å². The first kappa shape index (κ1) is 23.5. The van der Waals surface area contributed by atoms with E-state index in [1.807, 2.05) is 62.1 Å². The van der Waals surface area contributed by atoms with Gasteiger partial charge in [-0.05, 0) is 32.4 Å². The summed E-state index contributed by atoms with van der Waals surface area (Å²) in [5.74, 6) is -0.188. The first-order chi connectivity index (χ1) is 15.7. The summed E-state index contributed by atoms with van der Waals surface area (Å²) < 4.78 is 27.6. The molecule has 174 valence electrons. The maximum Gasteiger partial charge on any atom is 0.243 e. The van der Waals surface area contributed by atoms with Crippen molar-refractivity contribution in [2.75, 3.05) is 38.0 Å². The molecule has 1 saturated heterocycles. The van der Waals surface area contributed by atoms with Crippen LogP contribution in [-0.4, -0.2) is 66.5 Å². The van der Waals surface area contributed by atoms with E-state index in [1.165, 1.54) is 21.2 Å². The van der Waals surface area contributed by atoms with Crippen molar-refractivity contribution in [3.63, 3.8) is 0 Å². The van der Waals surface area contributed by atoms with E-state index in [0.717, 1.165) is 21.7 Å². The van der Waals surface area contributed by atoms with Gasteiger partial charge in [0.2, 0.25) is 21.1 Å². The number of carbonyl (C=O) groups is 1. The Bertz CT molecular complexity index is 1250. The number of aryl methyl sites for hydroxylation is 3. The van der Waals surface area contributed by atoms with Gasteiger partial charge in [0.25, 0.3) is 0 Å². The summed E-state index contributed by atoms with van der Waals surface area (Å²) in [5, 5.41) is 12.2. The highest BCUT2D eigenvalue weighted by Crippen LogP contribution is 2.26. The Morgan fingerprint density at radius 3 is 2.30 bits per heavy atom. The summed E-state index contributed by atoms with van der Waals surface area (Å²) >= 11 is 1.33. The predicted molar refractivity (Wildman–Crippen MR) is 130 cm³/mol. The van der Waals surface area contributed by atoms with Gasteiger partial charge < -0.3 is 0 Å². The molecule has 0 aliphatic carbocycles. The Hall–Kier alpha value is -2.66. The van der Waals surface area contributed by atoms with Crippen LogP contribution in [0.25, 0.3) is 10.6 Å². The summed E-state index contributed by atoms with van der Waals surface area (Å²) in [5.41, 5.74) is 3.90. The van der Waals surface area contributed by atoms with Crippen molar-refractivity contribution in [2.45, 2.75) is 25.7 Å². The summed E-state index contributed by atoms with van der Waals surface area (Å²) in [6.07, 6.45) is 0. The predicted octanol–water partition coefficient (Wildman–Crippen LogP) is 3.08. The highest BCUT2D eigenvalue weighted by atomic mass is 32.2. The summed E-state index contributed by atoms with van der Waals surface area (Å²) in [4.78, 5) is 14.8. The van der Waals surface area contributed by atoms with Crippen LogP contribution >= 0.6 is 11.3 Å². The number of nitrogens with one attached hydrogen (secondary N) is 1. The van der Waals surface area contributed by atoms with E-state index in [2.05, 4.69) is 15.5 Å². The average Bonchev–Trinajstić information content (AvgIpc) is 3.22. The second-order valence-electron chi connectivity index (χ2n) is 8.28. The van der Waals surface area contributed by atoms with Gasteiger partial charge in [-0.15, -0.1) is 10.2 Å². The zero-order valence-corrected chi connectivity index (χ0v) is 20.5. The van der Waals surface area contributed by atoms with E-state index < -0.39 is 10.0 Å². The van der Waals surface area contributed by atoms with Gasteiger partial charge in [0.05, 0.1) is 11.4 Å². The molecule has 1 aromatic heterocycles. The maximum atomic E-state index is 13.0. The smallest absolute Gasteiger partial charge is 0.243 e. The standard InChI is InChI=1S/C23H27N5O3S2/c1-16-4-7-19(8-5-16)22-25-26-23(32-22)24-21(29)15-27-10-12-28(13-11-27)33(30,31)20-9-6-17(2)14-18(20)3/h4-9,14H,10-13,15H2,1-3H3,(H,24,26,29). The number of aromatic nitrogens is 2. The van der Waals surface area contributed by atoms with E-state index in [1.54, 1.807) is 6.07 Å². The monoisotopic (exact) mass is 485 g/mol. The van der Waals surface area contributed by atoms with E-state index in [9.17, 15) is 13.2 Å². The van der Waals surface area contributed by atoms with Crippen molar-refractivity contribution in [2.24, 2.45) is 0 Å². The number of rotatable bonds is 6. The molecule has 10 heteroatoms. The third-order valence-corrected chi connectivity index (χ3v) is 8.56. The van der Waals surface area contributed by atoms with Crippen LogP contribution in [0.5, 0.6) is 0 Å². The zero-order chi connectivity index (χ0) is 23.6. The van der Waals surface area contributed by atoms with Crippen molar-refractivity contribution < 1.29 is 13.2 Å². The van der Waals surface area contributed by atoms with Gasteiger partial charge in [-0.1, -0.05) is 58.9 Å². The minimum Gasteiger partial charge on any atom is -0.299 e. The Morgan fingerprint density at radius 1 is 0.970 bits per heavy atom. The molecule has 1 amide bonds. The van der Waals surface area contributed by atoms with Crippen molar-refractivity contribution in [3.05, 3.63) is 59.2 Å². The highest BCUT2D eigenvalue weighted by molar-refractivity contribution is 7.89. The van der Waals surface area contributed by atoms with Crippen LogP contribution in [0.15, 0.2) is 47.4 Å². The number of piperazine rings is 1. The number of nitrogens with zero attached hydrogens (tertiary/aromatic N) is 4. The van der Waals surface area contributed by atoms with Crippen LogP contribution in [0, 0.1) is 20.8 Å². The van der Waals surface area contributed by atoms with Gasteiger partial charge in [-0.25, -0.2) is 8.42 Å². The molecule has 0 saturated carbocycles. The number of amides is 1. The summed E-state index contributed by atoms with van der Waals surface area (Å²) in [7, 11) is -3.55. The molecule has 1 fully saturated rings. The summed E-state index contributed by atoms with van der Waals surface area (Å²) in [6.45, 7) is 7.63. The molecule has 33 heavy (non-hydrogen) atoms. The van der Waals surface area contributed by atoms with E-state index >= 15 is 0 Å². The summed E-state index contributed by atoms with van der Waals surface area (Å²) in [6, 6.07) is 13.3. The number of benzene rings is 2. The van der Waals surface area contributed by atoms with Crippen LogP contribution < -0.4 is 5.32 Å². The minimum atomic E-state index is -3.55. The van der Waals surface area contributed by atoms with Gasteiger partial charge in [0.1, 0.15) is 5.01 Å². The fourth-order valence-electron chi connectivity index (χ4n) is 3.80. The lowest BCUT2D eigenvalue weighted by Crippen LogP contribution is -2.50. The molecule has 2 aromatic carbocycles. The number of sulfonamides is 1. The highest BCUT2D eigenvalue weighted by Gasteiger charge is 2.30. The van der Waals surface area contributed by atoms with Gasteiger partial charge in [0, 0.05) is 31.7 Å². The first-order valence-corrected chi connectivity index (χ1v) is 13.0. The lowest BCUT2D eigenvalue weighted by Gasteiger charge is -2.33. The van der Waals surface area contributed by atoms with Crippen LogP contribution in [-0.2, 0) is 14.8 Å². The Labute approximate surface area is 198 Å². The number of hydrogen-bond donors (Lipinski definition) is 1. The largest absolute Gasteiger partial charge is 0.299 e. The third-order valence-electron chi connectivity index (χ3n) is 5.62. The lowest BCUT2D eigenvalue weighted by atomic mass is 10.2. The molecule has 1 aliphatic rings. The van der Waals surface area contributed by atoms with Crippen molar-refractivity contribution in [1.29, 1.82) is 0 Å². The average molecular weight is 486 g/mol. The normalized spacial score (nSPS) is 15.5. The molecular weight excluding hydrogens is 458 g/mol. The maximum absolute atomic E-state index is 13.0. The topological polar surface area (TPSA) is 95.5 Å². The van der Waals surface area contributed by atoms with Gasteiger partial charge in [-0.3, -0.25) is 15.0 Å². The Kier molecular flexibility index (Phi) is 6.89. The van der Waals surface area contributed by atoms with E-state index in [-0.39, 0.29) is 12.5 Å². The van der Waals surface area contributed by atoms with Crippen LogP contribution in [0.3, 0.4) is 0 Å².